The number of halogens is 1. The number of hydrogen-bond donors (Lipinski definition) is 1. The highest BCUT2D eigenvalue weighted by Crippen LogP contribution is 2.29. The monoisotopic (exact) mass is 535 g/mol. The number of nitrogens with zero attached hydrogens (tertiary/aromatic N) is 2. The zero-order chi connectivity index (χ0) is 23.7. The second kappa shape index (κ2) is 9.19. The molecule has 1 amide bonds. The zero-order valence-electron chi connectivity index (χ0n) is 18.2. The van der Waals surface area contributed by atoms with Gasteiger partial charge in [0.2, 0.25) is 0 Å². The maximum Gasteiger partial charge on any atom is 0.262 e. The predicted molar refractivity (Wildman–Crippen MR) is 136 cm³/mol. The molecule has 4 aromatic rings. The van der Waals surface area contributed by atoms with Crippen molar-refractivity contribution < 1.29 is 13.2 Å². The Kier molecular flexibility index (Phi) is 6.10. The number of benzene rings is 3. The molecule has 0 aliphatic carbocycles. The van der Waals surface area contributed by atoms with Crippen LogP contribution in [-0.4, -0.2) is 30.8 Å². The number of amides is 1. The molecule has 0 saturated carbocycles. The lowest BCUT2D eigenvalue weighted by molar-refractivity contribution is 0.0747. The first-order valence-electron chi connectivity index (χ1n) is 10.9. The number of anilines is 1. The fraction of sp³-hybridized carbons (Fsp3) is 0.154. The molecule has 5 rings (SSSR count). The number of aryl methyl sites for hydroxylation is 1. The number of hydrogen-bond acceptors (Lipinski definition) is 4. The second-order valence-corrected chi connectivity index (χ2v) is 10.8. The molecule has 0 bridgehead atoms. The summed E-state index contributed by atoms with van der Waals surface area (Å²) in [5, 5.41) is 0.518. The summed E-state index contributed by atoms with van der Waals surface area (Å²) in [7, 11) is -3.98. The van der Waals surface area contributed by atoms with Crippen molar-refractivity contribution in [3.63, 3.8) is 0 Å². The van der Waals surface area contributed by atoms with Gasteiger partial charge in [-0.3, -0.25) is 14.5 Å². The van der Waals surface area contributed by atoms with Gasteiger partial charge in [0, 0.05) is 29.1 Å². The van der Waals surface area contributed by atoms with Crippen molar-refractivity contribution in [3.05, 3.63) is 100 Å². The average molecular weight is 536 g/mol. The van der Waals surface area contributed by atoms with E-state index in [1.807, 2.05) is 18.2 Å². The molecule has 0 saturated heterocycles. The molecule has 1 aliphatic rings. The molecular weight excluding hydrogens is 514 g/mol. The molecule has 34 heavy (non-hydrogen) atoms. The van der Waals surface area contributed by atoms with Crippen molar-refractivity contribution in [2.24, 2.45) is 0 Å². The third kappa shape index (κ3) is 4.43. The van der Waals surface area contributed by atoms with Gasteiger partial charge in [0.25, 0.3) is 15.9 Å². The van der Waals surface area contributed by atoms with Crippen LogP contribution in [0.1, 0.15) is 27.9 Å². The summed E-state index contributed by atoms with van der Waals surface area (Å²) in [6, 6.07) is 21.5. The SMILES string of the molecule is O=C(c1ccc(Br)cc1NS(=O)(=O)c1cccc2ncccc12)N1CCCc2ccccc2C1. The van der Waals surface area contributed by atoms with Crippen LogP contribution in [0.15, 0.2) is 88.4 Å². The van der Waals surface area contributed by atoms with Crippen LogP contribution in [0.3, 0.4) is 0 Å². The van der Waals surface area contributed by atoms with Gasteiger partial charge < -0.3 is 4.90 Å². The van der Waals surface area contributed by atoms with E-state index in [-0.39, 0.29) is 16.5 Å². The standard InChI is InChI=1S/C26H22BrN3O3S/c27-20-12-13-22(26(31)30-15-5-8-18-6-1-2-7-19(18)17-30)24(16-20)29-34(32,33)25-11-3-10-23-21(25)9-4-14-28-23/h1-4,6-7,9-14,16,29H,5,8,15,17H2. The molecule has 2 heterocycles. The largest absolute Gasteiger partial charge is 0.334 e. The highest BCUT2D eigenvalue weighted by Gasteiger charge is 2.25. The predicted octanol–water partition coefficient (Wildman–Crippen LogP) is 5.39. The van der Waals surface area contributed by atoms with E-state index in [1.54, 1.807) is 53.6 Å². The number of fused-ring (bicyclic) bond motifs is 2. The maximum absolute atomic E-state index is 13.6. The lowest BCUT2D eigenvalue weighted by atomic mass is 10.0. The first-order chi connectivity index (χ1) is 16.4. The molecule has 8 heteroatoms. The highest BCUT2D eigenvalue weighted by atomic mass is 79.9. The molecule has 0 atom stereocenters. The number of nitrogens with one attached hydrogen (secondary N) is 1. The van der Waals surface area contributed by atoms with E-state index >= 15 is 0 Å². The molecule has 1 N–H and O–H groups in total. The third-order valence-corrected chi connectivity index (χ3v) is 7.91. The van der Waals surface area contributed by atoms with Crippen LogP contribution in [0.4, 0.5) is 5.69 Å². The van der Waals surface area contributed by atoms with Crippen LogP contribution in [-0.2, 0) is 23.0 Å². The van der Waals surface area contributed by atoms with Crippen LogP contribution in [0.2, 0.25) is 0 Å². The number of rotatable bonds is 4. The minimum atomic E-state index is -3.98. The van der Waals surface area contributed by atoms with Crippen LogP contribution in [0.25, 0.3) is 10.9 Å². The fourth-order valence-electron chi connectivity index (χ4n) is 4.34. The normalized spacial score (nSPS) is 13.9. The van der Waals surface area contributed by atoms with Crippen molar-refractivity contribution in [2.75, 3.05) is 11.3 Å². The lowest BCUT2D eigenvalue weighted by Gasteiger charge is -2.23. The second-order valence-electron chi connectivity index (χ2n) is 8.22. The van der Waals surface area contributed by atoms with Gasteiger partial charge in [-0.2, -0.15) is 0 Å². The zero-order valence-corrected chi connectivity index (χ0v) is 20.6. The molecule has 0 radical (unpaired) electrons. The summed E-state index contributed by atoms with van der Waals surface area (Å²) in [6.45, 7) is 1.09. The van der Waals surface area contributed by atoms with E-state index in [0.717, 1.165) is 18.4 Å². The van der Waals surface area contributed by atoms with Crippen molar-refractivity contribution in [3.8, 4) is 0 Å². The van der Waals surface area contributed by atoms with Gasteiger partial charge in [0.05, 0.1) is 21.7 Å². The Morgan fingerprint density at radius 3 is 2.65 bits per heavy atom. The van der Waals surface area contributed by atoms with E-state index < -0.39 is 10.0 Å². The Morgan fingerprint density at radius 1 is 0.971 bits per heavy atom. The third-order valence-electron chi connectivity index (χ3n) is 5.99. The van der Waals surface area contributed by atoms with Gasteiger partial charge in [0.1, 0.15) is 0 Å². The van der Waals surface area contributed by atoms with Gasteiger partial charge in [-0.15, -0.1) is 0 Å². The van der Waals surface area contributed by atoms with Crippen molar-refractivity contribution in [1.82, 2.24) is 9.88 Å². The van der Waals surface area contributed by atoms with Gasteiger partial charge >= 0.3 is 0 Å². The quantitative estimate of drug-likeness (QED) is 0.380. The summed E-state index contributed by atoms with van der Waals surface area (Å²) in [4.78, 5) is 19.7. The number of carbonyl (C=O) groups excluding carboxylic acids is 1. The van der Waals surface area contributed by atoms with E-state index in [4.69, 9.17) is 0 Å². The fourth-order valence-corrected chi connectivity index (χ4v) is 5.99. The Bertz CT molecular complexity index is 1500. The molecule has 172 valence electrons. The number of pyridine rings is 1. The van der Waals surface area contributed by atoms with Crippen LogP contribution in [0, 0.1) is 0 Å². The Hall–Kier alpha value is -3.23. The van der Waals surface area contributed by atoms with Crippen molar-refractivity contribution in [2.45, 2.75) is 24.3 Å². The summed E-state index contributed by atoms with van der Waals surface area (Å²) in [5.41, 5.74) is 3.50. The topological polar surface area (TPSA) is 79.4 Å². The molecule has 0 spiro atoms. The first kappa shape index (κ1) is 22.6. The van der Waals surface area contributed by atoms with Gasteiger partial charge in [-0.1, -0.05) is 46.3 Å². The van der Waals surface area contributed by atoms with Crippen molar-refractivity contribution >= 4 is 48.5 Å². The average Bonchev–Trinajstić information content (AvgIpc) is 3.06. The Balaban J connectivity index is 1.50. The van der Waals surface area contributed by atoms with E-state index in [1.165, 1.54) is 11.6 Å². The summed E-state index contributed by atoms with van der Waals surface area (Å²) < 4.78 is 30.2. The summed E-state index contributed by atoms with van der Waals surface area (Å²) in [6.07, 6.45) is 3.38. The van der Waals surface area contributed by atoms with Crippen LogP contribution >= 0.6 is 15.9 Å². The van der Waals surface area contributed by atoms with Gasteiger partial charge in [-0.05, 0) is 66.4 Å². The van der Waals surface area contributed by atoms with E-state index in [0.29, 0.717) is 34.0 Å². The molecule has 0 fully saturated rings. The minimum Gasteiger partial charge on any atom is -0.334 e. The van der Waals surface area contributed by atoms with Gasteiger partial charge in [-0.25, -0.2) is 8.42 Å². The Labute approximate surface area is 206 Å². The summed E-state index contributed by atoms with van der Waals surface area (Å²) in [5.74, 6) is -0.207. The summed E-state index contributed by atoms with van der Waals surface area (Å²) >= 11 is 3.41. The van der Waals surface area contributed by atoms with Crippen molar-refractivity contribution in [1.29, 1.82) is 0 Å². The number of carbonyl (C=O) groups is 1. The smallest absolute Gasteiger partial charge is 0.262 e. The van der Waals surface area contributed by atoms with Gasteiger partial charge in [0.15, 0.2) is 0 Å². The maximum atomic E-state index is 13.6. The minimum absolute atomic E-state index is 0.111. The van der Waals surface area contributed by atoms with E-state index in [2.05, 4.69) is 31.7 Å². The molecule has 1 aromatic heterocycles. The number of aromatic nitrogens is 1. The molecular formula is C26H22BrN3O3S. The highest BCUT2D eigenvalue weighted by molar-refractivity contribution is 9.10. The molecule has 1 aliphatic heterocycles. The lowest BCUT2D eigenvalue weighted by Crippen LogP contribution is -2.31. The Morgan fingerprint density at radius 2 is 1.79 bits per heavy atom. The number of sulfonamides is 1. The van der Waals surface area contributed by atoms with E-state index in [9.17, 15) is 13.2 Å². The van der Waals surface area contributed by atoms with Crippen LogP contribution in [0.5, 0.6) is 0 Å². The molecule has 3 aromatic carbocycles. The molecule has 6 nitrogen and oxygen atoms in total. The molecule has 0 unspecified atom stereocenters. The van der Waals surface area contributed by atoms with Crippen LogP contribution < -0.4 is 4.72 Å². The first-order valence-corrected chi connectivity index (χ1v) is 13.2.